The molecule has 0 aliphatic heterocycles. The van der Waals surface area contributed by atoms with Crippen molar-refractivity contribution in [2.75, 3.05) is 33.0 Å². The Hall–Kier alpha value is -4.34. The van der Waals surface area contributed by atoms with Gasteiger partial charge in [0.2, 0.25) is 0 Å². The molecule has 0 saturated heterocycles. The molecule has 4 rings (SSSR count). The minimum absolute atomic E-state index is 0.0832. The van der Waals surface area contributed by atoms with E-state index in [1.54, 1.807) is 38.1 Å². The number of halogens is 2. The van der Waals surface area contributed by atoms with Crippen molar-refractivity contribution in [3.63, 3.8) is 0 Å². The molecule has 310 valence electrons. The van der Waals surface area contributed by atoms with E-state index in [1.165, 1.54) is 18.4 Å². The number of hydrogen-bond acceptors (Lipinski definition) is 7. The molecule has 9 heteroatoms. The third-order valence-electron chi connectivity index (χ3n) is 11.3. The Morgan fingerprint density at radius 3 is 1.72 bits per heavy atom. The zero-order chi connectivity index (χ0) is 41.5. The summed E-state index contributed by atoms with van der Waals surface area (Å²) in [5, 5.41) is 20.5. The van der Waals surface area contributed by atoms with Crippen LogP contribution in [-0.2, 0) is 31.9 Å². The van der Waals surface area contributed by atoms with Crippen LogP contribution in [0.1, 0.15) is 115 Å². The first-order valence-corrected chi connectivity index (χ1v) is 20.6. The Kier molecular flexibility index (Phi) is 17.5. The van der Waals surface area contributed by atoms with E-state index in [0.717, 1.165) is 31.6 Å². The fourth-order valence-electron chi connectivity index (χ4n) is 7.50. The molecule has 0 heterocycles. The molecule has 1 fully saturated rings. The van der Waals surface area contributed by atoms with Gasteiger partial charge in [-0.2, -0.15) is 0 Å². The number of esters is 2. The fourth-order valence-corrected chi connectivity index (χ4v) is 7.50. The number of carbonyl (C=O) groups excluding carboxylic acids is 2. The number of benzene rings is 3. The van der Waals surface area contributed by atoms with E-state index < -0.39 is 29.0 Å². The molecular formula is C48H62F2O7. The molecule has 0 aromatic heterocycles. The average Bonchev–Trinajstić information content (AvgIpc) is 3.21. The van der Waals surface area contributed by atoms with Crippen molar-refractivity contribution in [1.29, 1.82) is 0 Å². The quantitative estimate of drug-likeness (QED) is 0.0594. The lowest BCUT2D eigenvalue weighted by atomic mass is 9.79. The zero-order valence-corrected chi connectivity index (χ0v) is 34.4. The number of carbonyl (C=O) groups is 2. The molecule has 0 amide bonds. The summed E-state index contributed by atoms with van der Waals surface area (Å²) in [7, 11) is 0. The van der Waals surface area contributed by atoms with Crippen molar-refractivity contribution >= 4 is 11.9 Å². The number of hydrogen-bond donors (Lipinski definition) is 2. The van der Waals surface area contributed by atoms with Gasteiger partial charge in [0.25, 0.3) is 0 Å². The van der Waals surface area contributed by atoms with Crippen LogP contribution < -0.4 is 4.74 Å². The van der Waals surface area contributed by atoms with Gasteiger partial charge in [0.15, 0.2) is 11.6 Å². The van der Waals surface area contributed by atoms with Gasteiger partial charge >= 0.3 is 11.9 Å². The van der Waals surface area contributed by atoms with Crippen molar-refractivity contribution in [3.05, 3.63) is 101 Å². The van der Waals surface area contributed by atoms with Crippen molar-refractivity contribution in [1.82, 2.24) is 0 Å². The fraction of sp³-hybridized carbons (Fsp3) is 0.500. The van der Waals surface area contributed by atoms with E-state index in [0.29, 0.717) is 72.4 Å². The van der Waals surface area contributed by atoms with Crippen molar-refractivity contribution in [2.45, 2.75) is 111 Å². The maximum absolute atomic E-state index is 16.3. The minimum atomic E-state index is -0.971. The Labute approximate surface area is 338 Å². The molecule has 0 radical (unpaired) electrons. The maximum atomic E-state index is 16.3. The molecule has 3 aromatic carbocycles. The lowest BCUT2D eigenvalue weighted by Gasteiger charge is -2.30. The first kappa shape index (κ1) is 45.4. The molecule has 2 N–H and O–H groups in total. The van der Waals surface area contributed by atoms with E-state index in [9.17, 15) is 19.8 Å². The van der Waals surface area contributed by atoms with Crippen molar-refractivity contribution in [2.24, 2.45) is 11.3 Å². The summed E-state index contributed by atoms with van der Waals surface area (Å²) in [6.07, 6.45) is 9.00. The normalized spacial score (nSPS) is 15.6. The molecule has 0 unspecified atom stereocenters. The number of rotatable bonds is 22. The molecule has 0 atom stereocenters. The van der Waals surface area contributed by atoms with Crippen molar-refractivity contribution in [3.8, 4) is 28.0 Å². The maximum Gasteiger partial charge on any atom is 0.333 e. The highest BCUT2D eigenvalue weighted by Gasteiger charge is 2.29. The highest BCUT2D eigenvalue weighted by atomic mass is 19.2. The molecule has 1 aliphatic carbocycles. The molecule has 1 aliphatic rings. The van der Waals surface area contributed by atoms with E-state index in [-0.39, 0.29) is 55.3 Å². The highest BCUT2D eigenvalue weighted by molar-refractivity contribution is 5.87. The first-order valence-electron chi connectivity index (χ1n) is 20.6. The predicted octanol–water partition coefficient (Wildman–Crippen LogP) is 10.6. The van der Waals surface area contributed by atoms with Gasteiger partial charge in [0.05, 0.1) is 33.0 Å². The van der Waals surface area contributed by atoms with E-state index in [1.807, 2.05) is 24.3 Å². The third kappa shape index (κ3) is 12.6. The van der Waals surface area contributed by atoms with Gasteiger partial charge in [0, 0.05) is 27.7 Å². The second kappa shape index (κ2) is 22.0. The summed E-state index contributed by atoms with van der Waals surface area (Å²) in [4.78, 5) is 24.2. The number of aliphatic hydroxyl groups is 2. The summed E-state index contributed by atoms with van der Waals surface area (Å²) in [6, 6.07) is 14.6. The summed E-state index contributed by atoms with van der Waals surface area (Å²) in [5.41, 5.74) is 3.76. The second-order valence-corrected chi connectivity index (χ2v) is 16.0. The molecule has 3 aromatic rings. The average molecular weight is 789 g/mol. The van der Waals surface area contributed by atoms with Crippen molar-refractivity contribution < 1.29 is 42.8 Å². The van der Waals surface area contributed by atoms with Gasteiger partial charge in [-0.3, -0.25) is 0 Å². The Balaban J connectivity index is 1.70. The van der Waals surface area contributed by atoms with Crippen LogP contribution in [0.4, 0.5) is 8.78 Å². The van der Waals surface area contributed by atoms with Gasteiger partial charge in [-0.15, -0.1) is 0 Å². The molecule has 0 spiro atoms. The van der Waals surface area contributed by atoms with E-state index >= 15 is 8.78 Å². The Bertz CT molecular complexity index is 1770. The number of unbranched alkanes of at least 4 members (excludes halogenated alkanes) is 1. The number of aliphatic hydroxyl groups excluding tert-OH is 2. The standard InChI is InChI=1S/C48H62F2O7/c1-7-8-23-48(30-51,31-52)24-27-55-45-38(11-9-25-56-46(53)32(2)3)28-40(29-39(45)12-10-26-57-47(54)33(4)5)42-22-21-41(43(49)44(42)50)37-19-17-36(18-20-37)35-15-13-34(6)14-16-35/h17-22,28-29,34-35,51-52H,2,4,7-16,23-27,30-31H2,1,3,5-6H3. The number of aryl methyl sites for hydroxylation is 2. The van der Waals surface area contributed by atoms with Crippen LogP contribution in [0.3, 0.4) is 0 Å². The predicted molar refractivity (Wildman–Crippen MR) is 222 cm³/mol. The van der Waals surface area contributed by atoms with Gasteiger partial charge in [0.1, 0.15) is 5.75 Å². The van der Waals surface area contributed by atoms with Crippen LogP contribution in [0.15, 0.2) is 72.8 Å². The Morgan fingerprint density at radius 1 is 0.737 bits per heavy atom. The van der Waals surface area contributed by atoms with Gasteiger partial charge in [-0.05, 0) is 117 Å². The van der Waals surface area contributed by atoms with Crippen LogP contribution in [0, 0.1) is 23.0 Å². The molecule has 7 nitrogen and oxygen atoms in total. The summed E-state index contributed by atoms with van der Waals surface area (Å²) >= 11 is 0. The minimum Gasteiger partial charge on any atom is -0.493 e. The van der Waals surface area contributed by atoms with Gasteiger partial charge in [-0.1, -0.05) is 89.1 Å². The third-order valence-corrected chi connectivity index (χ3v) is 11.3. The monoisotopic (exact) mass is 788 g/mol. The summed E-state index contributed by atoms with van der Waals surface area (Å²) in [6.45, 7) is 14.8. The SMILES string of the molecule is C=C(C)C(=O)OCCCc1cc(-c2ccc(-c3ccc(C4CCC(C)CC4)cc3)c(F)c2F)cc(CCCOC(=O)C(=C)C)c1OCCC(CO)(CO)CCCC. The lowest BCUT2D eigenvalue weighted by molar-refractivity contribution is -0.139. The topological polar surface area (TPSA) is 102 Å². The lowest BCUT2D eigenvalue weighted by Crippen LogP contribution is -2.32. The molecule has 1 saturated carbocycles. The second-order valence-electron chi connectivity index (χ2n) is 16.0. The number of ether oxygens (including phenoxy) is 3. The highest BCUT2D eigenvalue weighted by Crippen LogP contribution is 2.39. The Morgan fingerprint density at radius 2 is 1.25 bits per heavy atom. The zero-order valence-electron chi connectivity index (χ0n) is 34.4. The first-order chi connectivity index (χ1) is 27.3. The summed E-state index contributed by atoms with van der Waals surface area (Å²) in [5.74, 6) is -1.16. The van der Waals surface area contributed by atoms with Crippen LogP contribution in [0.5, 0.6) is 5.75 Å². The summed E-state index contributed by atoms with van der Waals surface area (Å²) < 4.78 is 49.6. The molecule has 0 bridgehead atoms. The van der Waals surface area contributed by atoms with Crippen LogP contribution in [-0.4, -0.2) is 55.2 Å². The van der Waals surface area contributed by atoms with Crippen LogP contribution in [0.2, 0.25) is 0 Å². The van der Waals surface area contributed by atoms with E-state index in [2.05, 4.69) is 27.0 Å². The van der Waals surface area contributed by atoms with E-state index in [4.69, 9.17) is 14.2 Å². The van der Waals surface area contributed by atoms with Crippen LogP contribution in [0.25, 0.3) is 22.3 Å². The molecule has 57 heavy (non-hydrogen) atoms. The largest absolute Gasteiger partial charge is 0.493 e. The molecular weight excluding hydrogens is 727 g/mol. The smallest absolute Gasteiger partial charge is 0.333 e. The van der Waals surface area contributed by atoms with Gasteiger partial charge < -0.3 is 24.4 Å². The van der Waals surface area contributed by atoms with Crippen LogP contribution >= 0.6 is 0 Å². The van der Waals surface area contributed by atoms with Gasteiger partial charge in [-0.25, -0.2) is 18.4 Å².